The normalized spacial score (nSPS) is 16.7. The molecule has 1 aromatic heterocycles. The molecule has 0 bridgehead atoms. The van der Waals surface area contributed by atoms with Crippen LogP contribution in [0.15, 0.2) is 35.7 Å². The fourth-order valence-electron chi connectivity index (χ4n) is 3.20. The molecule has 27 heavy (non-hydrogen) atoms. The Kier molecular flexibility index (Phi) is 5.81. The third kappa shape index (κ3) is 4.47. The zero-order chi connectivity index (χ0) is 19.6. The highest BCUT2D eigenvalue weighted by atomic mass is 32.2. The fraction of sp³-hybridized carbons (Fsp3) is 0.500. The molecule has 0 aliphatic carbocycles. The van der Waals surface area contributed by atoms with Crippen molar-refractivity contribution in [3.8, 4) is 0 Å². The zero-order valence-electron chi connectivity index (χ0n) is 15.5. The van der Waals surface area contributed by atoms with Gasteiger partial charge in [0, 0.05) is 50.7 Å². The van der Waals surface area contributed by atoms with Crippen LogP contribution in [0.4, 0.5) is 14.5 Å². The first kappa shape index (κ1) is 19.8. The molecular weight excluding hydrogens is 374 g/mol. The number of nitrogens with zero attached hydrogens (tertiary/aromatic N) is 4. The second-order valence-corrected chi connectivity index (χ2v) is 9.03. The minimum atomic E-state index is -3.68. The number of rotatable bonds is 5. The Morgan fingerprint density at radius 2 is 1.89 bits per heavy atom. The van der Waals surface area contributed by atoms with Crippen LogP contribution in [0.3, 0.4) is 0 Å². The van der Waals surface area contributed by atoms with Crippen LogP contribution in [0.2, 0.25) is 0 Å². The van der Waals surface area contributed by atoms with Gasteiger partial charge in [-0.3, -0.25) is 0 Å². The number of anilines is 1. The van der Waals surface area contributed by atoms with E-state index in [2.05, 4.69) is 18.8 Å². The smallest absolute Gasteiger partial charge is 0.262 e. The van der Waals surface area contributed by atoms with Gasteiger partial charge in [-0.15, -0.1) is 0 Å². The second-order valence-electron chi connectivity index (χ2n) is 7.15. The fourth-order valence-corrected chi connectivity index (χ4v) is 4.61. The molecule has 0 unspecified atom stereocenters. The predicted octanol–water partition coefficient (Wildman–Crippen LogP) is 2.72. The van der Waals surface area contributed by atoms with Crippen LogP contribution in [0, 0.1) is 17.6 Å². The van der Waals surface area contributed by atoms with Crippen LogP contribution in [0.5, 0.6) is 0 Å². The Morgan fingerprint density at radius 1 is 1.11 bits per heavy atom. The molecule has 1 saturated heterocycles. The number of hydrogen-bond donors (Lipinski definition) is 0. The molecule has 0 N–H and O–H groups in total. The topological polar surface area (TPSA) is 58.4 Å². The van der Waals surface area contributed by atoms with Crippen molar-refractivity contribution in [1.29, 1.82) is 0 Å². The maximum absolute atomic E-state index is 13.5. The minimum absolute atomic E-state index is 0.0458. The van der Waals surface area contributed by atoms with Crippen molar-refractivity contribution in [1.82, 2.24) is 13.9 Å². The SMILES string of the molecule is CC(C)Cn1cnc(S(=O)(=O)N2CCCN(c3ccc(F)c(F)c3)CC2)c1. The average Bonchev–Trinajstić information content (AvgIpc) is 2.92. The number of aromatic nitrogens is 2. The van der Waals surface area contributed by atoms with Crippen LogP contribution < -0.4 is 4.90 Å². The molecule has 9 heteroatoms. The molecule has 1 aliphatic rings. The van der Waals surface area contributed by atoms with Crippen LogP contribution in [0.25, 0.3) is 0 Å². The molecule has 0 saturated carbocycles. The highest BCUT2D eigenvalue weighted by Gasteiger charge is 2.29. The zero-order valence-corrected chi connectivity index (χ0v) is 16.3. The summed E-state index contributed by atoms with van der Waals surface area (Å²) in [6, 6.07) is 3.74. The van der Waals surface area contributed by atoms with Gasteiger partial charge in [0.05, 0.1) is 6.33 Å². The molecule has 3 rings (SSSR count). The van der Waals surface area contributed by atoms with Gasteiger partial charge in [0.1, 0.15) is 0 Å². The van der Waals surface area contributed by atoms with Crippen LogP contribution >= 0.6 is 0 Å². The molecular formula is C18H24F2N4O2S. The van der Waals surface area contributed by atoms with E-state index < -0.39 is 21.7 Å². The molecule has 0 amide bonds. The molecule has 2 aromatic rings. The summed E-state index contributed by atoms with van der Waals surface area (Å²) in [5, 5.41) is 0.0458. The Hall–Kier alpha value is -2.00. The van der Waals surface area contributed by atoms with Gasteiger partial charge in [-0.1, -0.05) is 13.8 Å². The summed E-state index contributed by atoms with van der Waals surface area (Å²) in [4.78, 5) is 5.94. The van der Waals surface area contributed by atoms with Crippen molar-refractivity contribution < 1.29 is 17.2 Å². The molecule has 1 aliphatic heterocycles. The summed E-state index contributed by atoms with van der Waals surface area (Å²) in [5.74, 6) is -1.41. The highest BCUT2D eigenvalue weighted by molar-refractivity contribution is 7.89. The van der Waals surface area contributed by atoms with E-state index in [1.165, 1.54) is 16.7 Å². The number of halogens is 2. The average molecular weight is 398 g/mol. The van der Waals surface area contributed by atoms with Crippen molar-refractivity contribution >= 4 is 15.7 Å². The number of sulfonamides is 1. The van der Waals surface area contributed by atoms with Crippen LogP contribution in [-0.2, 0) is 16.6 Å². The van der Waals surface area contributed by atoms with Gasteiger partial charge in [0.15, 0.2) is 16.7 Å². The Morgan fingerprint density at radius 3 is 2.59 bits per heavy atom. The predicted molar refractivity (Wildman–Crippen MR) is 99.0 cm³/mol. The highest BCUT2D eigenvalue weighted by Crippen LogP contribution is 2.22. The monoisotopic (exact) mass is 398 g/mol. The molecule has 148 valence electrons. The van der Waals surface area contributed by atoms with E-state index in [4.69, 9.17) is 0 Å². The van der Waals surface area contributed by atoms with E-state index in [9.17, 15) is 17.2 Å². The van der Waals surface area contributed by atoms with Gasteiger partial charge in [-0.25, -0.2) is 22.2 Å². The third-order valence-corrected chi connectivity index (χ3v) is 6.30. The lowest BCUT2D eigenvalue weighted by molar-refractivity contribution is 0.431. The summed E-state index contributed by atoms with van der Waals surface area (Å²) in [6.45, 7) is 6.39. The van der Waals surface area contributed by atoms with Crippen molar-refractivity contribution in [2.75, 3.05) is 31.1 Å². The quantitative estimate of drug-likeness (QED) is 0.777. The molecule has 1 fully saturated rings. The van der Waals surface area contributed by atoms with Crippen molar-refractivity contribution in [3.05, 3.63) is 42.4 Å². The lowest BCUT2D eigenvalue weighted by atomic mass is 10.2. The van der Waals surface area contributed by atoms with Gasteiger partial charge in [0.2, 0.25) is 0 Å². The molecule has 6 nitrogen and oxygen atoms in total. The van der Waals surface area contributed by atoms with Gasteiger partial charge in [-0.05, 0) is 24.5 Å². The first-order valence-electron chi connectivity index (χ1n) is 8.99. The Bertz CT molecular complexity index is 899. The molecule has 0 radical (unpaired) electrons. The molecule has 2 heterocycles. The summed E-state index contributed by atoms with van der Waals surface area (Å²) < 4.78 is 55.6. The lowest BCUT2D eigenvalue weighted by Gasteiger charge is -2.23. The maximum Gasteiger partial charge on any atom is 0.262 e. The summed E-state index contributed by atoms with van der Waals surface area (Å²) >= 11 is 0. The van der Waals surface area contributed by atoms with Crippen molar-refractivity contribution in [3.63, 3.8) is 0 Å². The van der Waals surface area contributed by atoms with E-state index >= 15 is 0 Å². The first-order valence-corrected chi connectivity index (χ1v) is 10.4. The van der Waals surface area contributed by atoms with E-state index in [0.717, 1.165) is 12.1 Å². The van der Waals surface area contributed by atoms with Crippen molar-refractivity contribution in [2.24, 2.45) is 5.92 Å². The molecule has 1 aromatic carbocycles. The third-order valence-electron chi connectivity index (χ3n) is 4.51. The van der Waals surface area contributed by atoms with Crippen LogP contribution in [-0.4, -0.2) is 48.5 Å². The van der Waals surface area contributed by atoms with Gasteiger partial charge in [-0.2, -0.15) is 4.31 Å². The van der Waals surface area contributed by atoms with Gasteiger partial charge in [0.25, 0.3) is 10.0 Å². The van der Waals surface area contributed by atoms with Crippen molar-refractivity contribution in [2.45, 2.75) is 31.8 Å². The standard InChI is InChI=1S/C18H24F2N4O2S/c1-14(2)11-22-12-18(21-13-22)27(25,26)24-7-3-6-23(8-9-24)15-4-5-16(19)17(20)10-15/h4-5,10,12-14H,3,6-9,11H2,1-2H3. The minimum Gasteiger partial charge on any atom is -0.370 e. The number of imidazole rings is 1. The van der Waals surface area contributed by atoms with Gasteiger partial charge >= 0.3 is 0 Å². The number of hydrogen-bond acceptors (Lipinski definition) is 4. The van der Waals surface area contributed by atoms with E-state index in [1.807, 2.05) is 4.90 Å². The first-order chi connectivity index (χ1) is 12.8. The summed E-state index contributed by atoms with van der Waals surface area (Å²) in [6.07, 6.45) is 3.69. The maximum atomic E-state index is 13.5. The Labute approximate surface area is 158 Å². The largest absolute Gasteiger partial charge is 0.370 e. The van der Waals surface area contributed by atoms with Gasteiger partial charge < -0.3 is 9.47 Å². The van der Waals surface area contributed by atoms with E-state index in [0.29, 0.717) is 44.2 Å². The van der Waals surface area contributed by atoms with E-state index in [1.54, 1.807) is 10.8 Å². The second kappa shape index (κ2) is 7.93. The number of benzene rings is 1. The van der Waals surface area contributed by atoms with E-state index in [-0.39, 0.29) is 11.6 Å². The van der Waals surface area contributed by atoms with Crippen LogP contribution in [0.1, 0.15) is 20.3 Å². The lowest BCUT2D eigenvalue weighted by Crippen LogP contribution is -2.35. The molecule has 0 spiro atoms. The summed E-state index contributed by atoms with van der Waals surface area (Å²) in [5.41, 5.74) is 0.550. The Balaban J connectivity index is 1.72. The molecule has 0 atom stereocenters. The summed E-state index contributed by atoms with van der Waals surface area (Å²) in [7, 11) is -3.68.